The van der Waals surface area contributed by atoms with Gasteiger partial charge < -0.3 is 19.5 Å². The molecule has 4 aromatic rings. The zero-order chi connectivity index (χ0) is 26.2. The van der Waals surface area contributed by atoms with Crippen molar-refractivity contribution in [2.75, 3.05) is 29.2 Å². The van der Waals surface area contributed by atoms with Gasteiger partial charge in [0.25, 0.3) is 0 Å². The second-order valence-electron chi connectivity index (χ2n) is 8.32. The van der Waals surface area contributed by atoms with Crippen molar-refractivity contribution in [2.24, 2.45) is 0 Å². The lowest BCUT2D eigenvalue weighted by molar-refractivity contribution is -0.147. The van der Waals surface area contributed by atoms with E-state index in [0.29, 0.717) is 28.1 Å². The molecular formula is C24H21F4N7O2. The standard InChI is InChI=1S/C24H21F4N7O2/c1-37-23(36)31-21-17-3-2-4-19(16(17)7-8-29-21)30-12-14-5-6-15(11-18(14)25)34-9-10-35-20(13-34)32-33-22(35)24(26,27)28/h2-8,11,30H,9-10,12-13H2,1H3,(H,29,31,36). The molecule has 192 valence electrons. The molecule has 5 rings (SSSR count). The minimum Gasteiger partial charge on any atom is -0.453 e. The van der Waals surface area contributed by atoms with Crippen LogP contribution in [0.4, 0.5) is 39.5 Å². The van der Waals surface area contributed by atoms with Gasteiger partial charge in [-0.2, -0.15) is 13.2 Å². The van der Waals surface area contributed by atoms with Gasteiger partial charge in [-0.05, 0) is 24.3 Å². The van der Waals surface area contributed by atoms with Gasteiger partial charge in [-0.25, -0.2) is 14.2 Å². The molecule has 0 saturated carbocycles. The third kappa shape index (κ3) is 4.84. The molecule has 0 atom stereocenters. The van der Waals surface area contributed by atoms with E-state index >= 15 is 4.39 Å². The third-order valence-corrected chi connectivity index (χ3v) is 6.09. The van der Waals surface area contributed by atoms with E-state index in [2.05, 4.69) is 30.6 Å². The Hall–Kier alpha value is -4.42. The Balaban J connectivity index is 1.31. The zero-order valence-electron chi connectivity index (χ0n) is 19.5. The van der Waals surface area contributed by atoms with Gasteiger partial charge in [0.15, 0.2) is 5.82 Å². The number of ether oxygens (including phenoxy) is 1. The highest BCUT2D eigenvalue weighted by molar-refractivity contribution is 6.03. The molecule has 0 fully saturated rings. The molecule has 2 aromatic carbocycles. The van der Waals surface area contributed by atoms with E-state index in [9.17, 15) is 18.0 Å². The number of carbonyl (C=O) groups excluding carboxylic acids is 1. The number of fused-ring (bicyclic) bond motifs is 2. The molecule has 0 bridgehead atoms. The first-order valence-corrected chi connectivity index (χ1v) is 11.2. The molecule has 0 radical (unpaired) electrons. The number of nitrogens with one attached hydrogen (secondary N) is 2. The van der Waals surface area contributed by atoms with Crippen LogP contribution in [0.5, 0.6) is 0 Å². The van der Waals surface area contributed by atoms with Crippen molar-refractivity contribution in [1.82, 2.24) is 19.7 Å². The summed E-state index contributed by atoms with van der Waals surface area (Å²) in [5, 5.41) is 14.2. The van der Waals surface area contributed by atoms with Crippen LogP contribution in [0, 0.1) is 5.82 Å². The molecule has 13 heteroatoms. The van der Waals surface area contributed by atoms with Crippen molar-refractivity contribution in [2.45, 2.75) is 25.8 Å². The number of halogens is 4. The van der Waals surface area contributed by atoms with Crippen LogP contribution in [0.1, 0.15) is 17.2 Å². The second kappa shape index (κ2) is 9.56. The lowest BCUT2D eigenvalue weighted by atomic mass is 10.1. The fraction of sp³-hybridized carbons (Fsp3) is 0.250. The summed E-state index contributed by atoms with van der Waals surface area (Å²) in [7, 11) is 1.26. The van der Waals surface area contributed by atoms with E-state index in [1.165, 1.54) is 13.2 Å². The molecule has 0 saturated heterocycles. The summed E-state index contributed by atoms with van der Waals surface area (Å²) in [5.74, 6) is -0.963. The fourth-order valence-corrected chi connectivity index (χ4v) is 4.26. The molecule has 9 nitrogen and oxygen atoms in total. The van der Waals surface area contributed by atoms with Crippen LogP contribution in [-0.2, 0) is 30.5 Å². The van der Waals surface area contributed by atoms with E-state index in [1.54, 1.807) is 41.4 Å². The minimum atomic E-state index is -4.58. The summed E-state index contributed by atoms with van der Waals surface area (Å²) in [5.41, 5.74) is 1.66. The summed E-state index contributed by atoms with van der Waals surface area (Å²) in [6.45, 7) is 0.574. The molecule has 1 aliphatic heterocycles. The highest BCUT2D eigenvalue weighted by Gasteiger charge is 2.39. The Bertz CT molecular complexity index is 1470. The lowest BCUT2D eigenvalue weighted by Crippen LogP contribution is -2.35. The van der Waals surface area contributed by atoms with Crippen LogP contribution in [-0.4, -0.2) is 39.5 Å². The van der Waals surface area contributed by atoms with Crippen molar-refractivity contribution in [1.29, 1.82) is 0 Å². The van der Waals surface area contributed by atoms with E-state index in [1.807, 2.05) is 6.07 Å². The number of pyridine rings is 1. The predicted molar refractivity (Wildman–Crippen MR) is 128 cm³/mol. The number of hydrogen-bond acceptors (Lipinski definition) is 7. The topological polar surface area (TPSA) is 97.2 Å². The molecule has 1 amide bonds. The SMILES string of the molecule is COC(=O)Nc1nccc2c(NCc3ccc(N4CCn5c(nnc5C(F)(F)F)C4)cc3F)cccc12. The number of carbonyl (C=O) groups is 1. The number of hydrogen-bond donors (Lipinski definition) is 2. The molecule has 0 aliphatic carbocycles. The van der Waals surface area contributed by atoms with Crippen molar-refractivity contribution >= 4 is 34.1 Å². The van der Waals surface area contributed by atoms with Gasteiger partial charge >= 0.3 is 12.3 Å². The number of nitrogens with zero attached hydrogens (tertiary/aromatic N) is 5. The van der Waals surface area contributed by atoms with Crippen molar-refractivity contribution in [3.05, 3.63) is 71.7 Å². The molecule has 1 aliphatic rings. The van der Waals surface area contributed by atoms with Gasteiger partial charge in [0.1, 0.15) is 11.6 Å². The molecule has 0 spiro atoms. The number of amides is 1. The number of alkyl halides is 3. The first-order valence-electron chi connectivity index (χ1n) is 11.2. The molecule has 3 heterocycles. The number of methoxy groups -OCH3 is 1. The normalized spacial score (nSPS) is 13.4. The van der Waals surface area contributed by atoms with E-state index in [-0.39, 0.29) is 32.0 Å². The van der Waals surface area contributed by atoms with Crippen molar-refractivity contribution in [3.8, 4) is 0 Å². The van der Waals surface area contributed by atoms with Crippen molar-refractivity contribution in [3.63, 3.8) is 0 Å². The molecule has 0 unspecified atom stereocenters. The second-order valence-corrected chi connectivity index (χ2v) is 8.32. The Morgan fingerprint density at radius 1 is 1.11 bits per heavy atom. The lowest BCUT2D eigenvalue weighted by Gasteiger charge is -2.30. The summed E-state index contributed by atoms with van der Waals surface area (Å²) in [6.07, 6.45) is -3.67. The number of benzene rings is 2. The quantitative estimate of drug-likeness (QED) is 0.369. The number of anilines is 3. The highest BCUT2D eigenvalue weighted by atomic mass is 19.4. The van der Waals surface area contributed by atoms with Gasteiger partial charge in [-0.15, -0.1) is 10.2 Å². The molecule has 2 N–H and O–H groups in total. The summed E-state index contributed by atoms with van der Waals surface area (Å²) < 4.78 is 59.9. The minimum absolute atomic E-state index is 0.0465. The number of rotatable bonds is 5. The molecule has 2 aromatic heterocycles. The average molecular weight is 515 g/mol. The van der Waals surface area contributed by atoms with Gasteiger partial charge in [-0.3, -0.25) is 5.32 Å². The van der Waals surface area contributed by atoms with Crippen LogP contribution in [0.15, 0.2) is 48.7 Å². The summed E-state index contributed by atoms with van der Waals surface area (Å²) >= 11 is 0. The van der Waals surface area contributed by atoms with Gasteiger partial charge in [0.2, 0.25) is 5.82 Å². The van der Waals surface area contributed by atoms with Crippen LogP contribution in [0.2, 0.25) is 0 Å². The Labute approximate surface area is 208 Å². The molecular weight excluding hydrogens is 494 g/mol. The Morgan fingerprint density at radius 2 is 1.95 bits per heavy atom. The monoisotopic (exact) mass is 515 g/mol. The third-order valence-electron chi connectivity index (χ3n) is 6.09. The predicted octanol–water partition coefficient (Wildman–Crippen LogP) is 4.79. The van der Waals surface area contributed by atoms with E-state index < -0.39 is 23.9 Å². The van der Waals surface area contributed by atoms with Gasteiger partial charge in [0, 0.05) is 53.5 Å². The summed E-state index contributed by atoms with van der Waals surface area (Å²) in [6, 6.07) is 11.9. The smallest absolute Gasteiger partial charge is 0.451 e. The number of aromatic nitrogens is 4. The van der Waals surface area contributed by atoms with Crippen LogP contribution in [0.3, 0.4) is 0 Å². The molecule has 37 heavy (non-hydrogen) atoms. The van der Waals surface area contributed by atoms with E-state index in [0.717, 1.165) is 9.95 Å². The maximum atomic E-state index is 15.0. The maximum Gasteiger partial charge on any atom is 0.451 e. The Kier molecular flexibility index (Phi) is 6.27. The fourth-order valence-electron chi connectivity index (χ4n) is 4.26. The van der Waals surface area contributed by atoms with Gasteiger partial charge in [-0.1, -0.05) is 18.2 Å². The van der Waals surface area contributed by atoms with Crippen LogP contribution >= 0.6 is 0 Å². The average Bonchev–Trinajstić information content (AvgIpc) is 3.32. The Morgan fingerprint density at radius 3 is 2.70 bits per heavy atom. The maximum absolute atomic E-state index is 15.0. The van der Waals surface area contributed by atoms with Gasteiger partial charge in [0.05, 0.1) is 13.7 Å². The van der Waals surface area contributed by atoms with Crippen molar-refractivity contribution < 1.29 is 27.1 Å². The van der Waals surface area contributed by atoms with Crippen LogP contribution < -0.4 is 15.5 Å². The largest absolute Gasteiger partial charge is 0.453 e. The first-order chi connectivity index (χ1) is 17.7. The zero-order valence-corrected chi connectivity index (χ0v) is 19.5. The highest BCUT2D eigenvalue weighted by Crippen LogP contribution is 2.31. The van der Waals surface area contributed by atoms with E-state index in [4.69, 9.17) is 0 Å². The first kappa shape index (κ1) is 24.3. The summed E-state index contributed by atoms with van der Waals surface area (Å²) in [4.78, 5) is 17.6. The van der Waals surface area contributed by atoms with Crippen LogP contribution in [0.25, 0.3) is 10.8 Å².